The Morgan fingerprint density at radius 2 is 2.13 bits per heavy atom. The molecule has 3 unspecified atom stereocenters. The molecule has 0 spiro atoms. The lowest BCUT2D eigenvalue weighted by Crippen LogP contribution is -2.40. The van der Waals surface area contributed by atoms with Gasteiger partial charge in [-0.3, -0.25) is 4.79 Å². The number of nitrogens with zero attached hydrogens (tertiary/aromatic N) is 3. The standard InChI is InChI=1S/C18H21N3O2/c1-12-19-17(23-20-12)14-8-5-9-21(11-14)18(22)16-10-15(16)13-6-3-2-4-7-13/h2-4,6-7,14-16H,5,8-11H2,1H3. The first-order chi connectivity index (χ1) is 11.2. The van der Waals surface area contributed by atoms with Gasteiger partial charge < -0.3 is 9.42 Å². The van der Waals surface area contributed by atoms with Gasteiger partial charge in [-0.15, -0.1) is 0 Å². The summed E-state index contributed by atoms with van der Waals surface area (Å²) in [7, 11) is 0. The number of hydrogen-bond donors (Lipinski definition) is 0. The lowest BCUT2D eigenvalue weighted by atomic mass is 9.97. The van der Waals surface area contributed by atoms with Crippen LogP contribution in [0.4, 0.5) is 0 Å². The monoisotopic (exact) mass is 311 g/mol. The van der Waals surface area contributed by atoms with Crippen molar-refractivity contribution in [2.45, 2.75) is 38.0 Å². The van der Waals surface area contributed by atoms with Crippen LogP contribution in [0, 0.1) is 12.8 Å². The zero-order chi connectivity index (χ0) is 15.8. The van der Waals surface area contributed by atoms with E-state index in [0.29, 0.717) is 30.1 Å². The molecule has 1 aromatic carbocycles. The first-order valence-electron chi connectivity index (χ1n) is 8.36. The van der Waals surface area contributed by atoms with Crippen LogP contribution in [-0.2, 0) is 4.79 Å². The molecule has 2 fully saturated rings. The van der Waals surface area contributed by atoms with Crippen molar-refractivity contribution in [1.29, 1.82) is 0 Å². The van der Waals surface area contributed by atoms with Crippen molar-refractivity contribution < 1.29 is 9.32 Å². The second-order valence-electron chi connectivity index (χ2n) is 6.66. The molecular weight excluding hydrogens is 290 g/mol. The Labute approximate surface area is 135 Å². The van der Waals surface area contributed by atoms with Crippen LogP contribution < -0.4 is 0 Å². The summed E-state index contributed by atoms with van der Waals surface area (Å²) in [6.07, 6.45) is 2.99. The van der Waals surface area contributed by atoms with Crippen molar-refractivity contribution in [3.63, 3.8) is 0 Å². The molecule has 0 bridgehead atoms. The molecule has 1 saturated heterocycles. The molecule has 4 rings (SSSR count). The van der Waals surface area contributed by atoms with Crippen molar-refractivity contribution in [1.82, 2.24) is 15.0 Å². The van der Waals surface area contributed by atoms with Crippen molar-refractivity contribution >= 4 is 5.91 Å². The molecule has 0 N–H and O–H groups in total. The fourth-order valence-corrected chi connectivity index (χ4v) is 3.63. The second-order valence-corrected chi connectivity index (χ2v) is 6.66. The molecule has 120 valence electrons. The predicted octanol–water partition coefficient (Wildman–Crippen LogP) is 2.89. The van der Waals surface area contributed by atoms with Crippen LogP contribution in [-0.4, -0.2) is 34.0 Å². The zero-order valence-electron chi connectivity index (χ0n) is 13.3. The van der Waals surface area contributed by atoms with Gasteiger partial charge in [0.25, 0.3) is 0 Å². The van der Waals surface area contributed by atoms with Gasteiger partial charge in [-0.1, -0.05) is 35.5 Å². The first-order valence-corrected chi connectivity index (χ1v) is 8.36. The van der Waals surface area contributed by atoms with E-state index in [1.165, 1.54) is 5.56 Å². The Balaban J connectivity index is 1.41. The molecule has 2 aliphatic rings. The van der Waals surface area contributed by atoms with E-state index in [9.17, 15) is 4.79 Å². The van der Waals surface area contributed by atoms with Gasteiger partial charge in [-0.2, -0.15) is 4.98 Å². The Kier molecular flexibility index (Phi) is 3.63. The summed E-state index contributed by atoms with van der Waals surface area (Å²) in [4.78, 5) is 19.1. The SMILES string of the molecule is Cc1noc(C2CCCN(C(=O)C3CC3c3ccccc3)C2)n1. The van der Waals surface area contributed by atoms with E-state index in [0.717, 1.165) is 25.8 Å². The smallest absolute Gasteiger partial charge is 0.231 e. The minimum atomic E-state index is 0.153. The summed E-state index contributed by atoms with van der Waals surface area (Å²) in [6.45, 7) is 3.38. The van der Waals surface area contributed by atoms with E-state index in [4.69, 9.17) is 4.52 Å². The van der Waals surface area contributed by atoms with Crippen molar-refractivity contribution in [3.05, 3.63) is 47.6 Å². The average Bonchev–Trinajstić information content (AvgIpc) is 3.29. The fraction of sp³-hybridized carbons (Fsp3) is 0.500. The zero-order valence-corrected chi connectivity index (χ0v) is 13.3. The largest absolute Gasteiger partial charge is 0.342 e. The van der Waals surface area contributed by atoms with Gasteiger partial charge in [0, 0.05) is 19.0 Å². The molecule has 1 aromatic heterocycles. The minimum absolute atomic E-state index is 0.153. The highest BCUT2D eigenvalue weighted by Gasteiger charge is 2.46. The fourth-order valence-electron chi connectivity index (χ4n) is 3.63. The number of aryl methyl sites for hydroxylation is 1. The number of carbonyl (C=O) groups is 1. The third-order valence-corrected chi connectivity index (χ3v) is 4.96. The van der Waals surface area contributed by atoms with Gasteiger partial charge in [-0.25, -0.2) is 0 Å². The molecule has 5 nitrogen and oxygen atoms in total. The summed E-state index contributed by atoms with van der Waals surface area (Å²) >= 11 is 0. The normalized spacial score (nSPS) is 27.0. The van der Waals surface area contributed by atoms with E-state index < -0.39 is 0 Å². The number of aromatic nitrogens is 2. The van der Waals surface area contributed by atoms with Crippen LogP contribution in [0.2, 0.25) is 0 Å². The van der Waals surface area contributed by atoms with Gasteiger partial charge in [0.15, 0.2) is 5.82 Å². The van der Waals surface area contributed by atoms with Gasteiger partial charge in [0.1, 0.15) is 0 Å². The van der Waals surface area contributed by atoms with Gasteiger partial charge in [0.05, 0.1) is 5.92 Å². The van der Waals surface area contributed by atoms with Crippen molar-refractivity contribution in [2.75, 3.05) is 13.1 Å². The summed E-state index contributed by atoms with van der Waals surface area (Å²) in [6, 6.07) is 10.4. The van der Waals surface area contributed by atoms with E-state index in [1.807, 2.05) is 30.0 Å². The Hall–Kier alpha value is -2.17. The number of carbonyl (C=O) groups excluding carboxylic acids is 1. The predicted molar refractivity (Wildman–Crippen MR) is 84.9 cm³/mol. The third-order valence-electron chi connectivity index (χ3n) is 4.96. The molecule has 0 radical (unpaired) electrons. The molecular formula is C18H21N3O2. The highest BCUT2D eigenvalue weighted by Crippen LogP contribution is 2.48. The van der Waals surface area contributed by atoms with Gasteiger partial charge in [-0.05, 0) is 37.7 Å². The summed E-state index contributed by atoms with van der Waals surface area (Å²) < 4.78 is 5.30. The van der Waals surface area contributed by atoms with Crippen molar-refractivity contribution in [2.24, 2.45) is 5.92 Å². The summed E-state index contributed by atoms with van der Waals surface area (Å²) in [5, 5.41) is 3.87. The third kappa shape index (κ3) is 2.87. The number of hydrogen-bond acceptors (Lipinski definition) is 4. The van der Waals surface area contributed by atoms with E-state index in [2.05, 4.69) is 22.3 Å². The lowest BCUT2D eigenvalue weighted by Gasteiger charge is -2.31. The topological polar surface area (TPSA) is 59.2 Å². The Morgan fingerprint density at radius 1 is 1.30 bits per heavy atom. The quantitative estimate of drug-likeness (QED) is 0.874. The van der Waals surface area contributed by atoms with E-state index in [-0.39, 0.29) is 11.8 Å². The van der Waals surface area contributed by atoms with E-state index >= 15 is 0 Å². The van der Waals surface area contributed by atoms with Gasteiger partial charge in [0.2, 0.25) is 11.8 Å². The second kappa shape index (κ2) is 5.80. The van der Waals surface area contributed by atoms with Crippen LogP contribution in [0.3, 0.4) is 0 Å². The molecule has 23 heavy (non-hydrogen) atoms. The molecule has 3 atom stereocenters. The molecule has 1 aliphatic carbocycles. The number of amides is 1. The number of likely N-dealkylation sites (tertiary alicyclic amines) is 1. The number of piperidine rings is 1. The average molecular weight is 311 g/mol. The molecule has 2 heterocycles. The molecule has 1 aliphatic heterocycles. The van der Waals surface area contributed by atoms with Gasteiger partial charge >= 0.3 is 0 Å². The summed E-state index contributed by atoms with van der Waals surface area (Å²) in [5.41, 5.74) is 1.28. The minimum Gasteiger partial charge on any atom is -0.342 e. The van der Waals surface area contributed by atoms with Crippen LogP contribution in [0.25, 0.3) is 0 Å². The number of rotatable bonds is 3. The maximum atomic E-state index is 12.8. The Morgan fingerprint density at radius 3 is 2.87 bits per heavy atom. The maximum Gasteiger partial charge on any atom is 0.231 e. The first kappa shape index (κ1) is 14.4. The van der Waals surface area contributed by atoms with Crippen LogP contribution >= 0.6 is 0 Å². The highest BCUT2D eigenvalue weighted by atomic mass is 16.5. The molecule has 5 heteroatoms. The van der Waals surface area contributed by atoms with E-state index in [1.54, 1.807) is 0 Å². The maximum absolute atomic E-state index is 12.8. The summed E-state index contributed by atoms with van der Waals surface area (Å²) in [5.74, 6) is 2.36. The lowest BCUT2D eigenvalue weighted by molar-refractivity contribution is -0.134. The molecule has 2 aromatic rings. The Bertz CT molecular complexity index is 697. The molecule has 1 saturated carbocycles. The van der Waals surface area contributed by atoms with Crippen LogP contribution in [0.5, 0.6) is 0 Å². The highest BCUT2D eigenvalue weighted by molar-refractivity contribution is 5.83. The van der Waals surface area contributed by atoms with Crippen molar-refractivity contribution in [3.8, 4) is 0 Å². The van der Waals surface area contributed by atoms with Crippen LogP contribution in [0.15, 0.2) is 34.9 Å². The molecule has 1 amide bonds. The van der Waals surface area contributed by atoms with Crippen LogP contribution in [0.1, 0.15) is 48.4 Å². The number of benzene rings is 1.